The van der Waals surface area contributed by atoms with Crippen molar-refractivity contribution in [1.29, 1.82) is 0 Å². The van der Waals surface area contributed by atoms with Gasteiger partial charge < -0.3 is 0 Å². The van der Waals surface area contributed by atoms with E-state index in [1.165, 1.54) is 25.3 Å². The summed E-state index contributed by atoms with van der Waals surface area (Å²) >= 11 is 0. The van der Waals surface area contributed by atoms with E-state index in [0.717, 1.165) is 0 Å². The number of sulfonamides is 1. The first-order valence-corrected chi connectivity index (χ1v) is 5.29. The van der Waals surface area contributed by atoms with Gasteiger partial charge in [-0.1, -0.05) is 0 Å². The molecule has 2 unspecified atom stereocenters. The third-order valence-corrected chi connectivity index (χ3v) is 4.45. The van der Waals surface area contributed by atoms with E-state index in [9.17, 15) is 13.2 Å². The lowest BCUT2D eigenvalue weighted by atomic mass is 10.3. The summed E-state index contributed by atoms with van der Waals surface area (Å²) < 4.78 is 23.9. The van der Waals surface area contributed by atoms with Crippen molar-refractivity contribution in [3.8, 4) is 0 Å². The number of ketones is 1. The van der Waals surface area contributed by atoms with Gasteiger partial charge in [0.05, 0.1) is 5.25 Å². The molecule has 1 fully saturated rings. The predicted octanol–water partition coefficient (Wildman–Crippen LogP) is -0.145. The largest absolute Gasteiger partial charge is 0.300 e. The minimum atomic E-state index is -3.19. The van der Waals surface area contributed by atoms with Crippen LogP contribution in [0.4, 0.5) is 0 Å². The summed E-state index contributed by atoms with van der Waals surface area (Å²) in [5.41, 5.74) is 0. The van der Waals surface area contributed by atoms with E-state index in [4.69, 9.17) is 0 Å². The average molecular weight is 191 g/mol. The van der Waals surface area contributed by atoms with Crippen LogP contribution in [0.15, 0.2) is 0 Å². The molecule has 2 atom stereocenters. The van der Waals surface area contributed by atoms with Crippen LogP contribution < -0.4 is 0 Å². The molecule has 1 aliphatic rings. The zero-order chi connectivity index (χ0) is 9.52. The van der Waals surface area contributed by atoms with E-state index in [1.807, 2.05) is 0 Å². The summed E-state index contributed by atoms with van der Waals surface area (Å²) in [5.74, 6) is -0.275. The molecule has 0 spiro atoms. The first kappa shape index (κ1) is 9.67. The van der Waals surface area contributed by atoms with Crippen molar-refractivity contribution < 1.29 is 13.2 Å². The predicted molar refractivity (Wildman–Crippen MR) is 45.2 cm³/mol. The van der Waals surface area contributed by atoms with E-state index in [0.29, 0.717) is 6.42 Å². The number of nitrogens with zero attached hydrogens (tertiary/aromatic N) is 1. The molecule has 0 amide bonds. The van der Waals surface area contributed by atoms with Crippen molar-refractivity contribution in [2.24, 2.45) is 5.92 Å². The van der Waals surface area contributed by atoms with Crippen molar-refractivity contribution >= 4 is 15.8 Å². The van der Waals surface area contributed by atoms with Gasteiger partial charge in [0.2, 0.25) is 10.0 Å². The zero-order valence-corrected chi connectivity index (χ0v) is 8.26. The fourth-order valence-electron chi connectivity index (χ4n) is 1.20. The highest BCUT2D eigenvalue weighted by Crippen LogP contribution is 2.38. The lowest BCUT2D eigenvalue weighted by Crippen LogP contribution is -2.27. The smallest absolute Gasteiger partial charge is 0.217 e. The van der Waals surface area contributed by atoms with Gasteiger partial charge >= 0.3 is 0 Å². The third kappa shape index (κ3) is 1.51. The molecule has 0 saturated heterocycles. The quantitative estimate of drug-likeness (QED) is 0.623. The second kappa shape index (κ2) is 2.81. The molecule has 70 valence electrons. The summed E-state index contributed by atoms with van der Waals surface area (Å²) in [5, 5.41) is -0.454. The van der Waals surface area contributed by atoms with Crippen molar-refractivity contribution in [1.82, 2.24) is 4.31 Å². The molecule has 0 heterocycles. The summed E-state index contributed by atoms with van der Waals surface area (Å²) in [4.78, 5) is 10.8. The van der Waals surface area contributed by atoms with Crippen molar-refractivity contribution in [2.45, 2.75) is 18.6 Å². The Bertz CT molecular complexity index is 294. The van der Waals surface area contributed by atoms with Gasteiger partial charge in [-0.2, -0.15) is 0 Å². The normalized spacial score (nSPS) is 29.0. The van der Waals surface area contributed by atoms with E-state index < -0.39 is 15.3 Å². The minimum absolute atomic E-state index is 0.0228. The lowest BCUT2D eigenvalue weighted by molar-refractivity contribution is -0.118. The molecule has 0 aromatic rings. The summed E-state index contributed by atoms with van der Waals surface area (Å²) in [7, 11) is -0.204. The molecule has 12 heavy (non-hydrogen) atoms. The van der Waals surface area contributed by atoms with Crippen LogP contribution in [-0.2, 0) is 14.8 Å². The van der Waals surface area contributed by atoms with Gasteiger partial charge in [0.25, 0.3) is 0 Å². The lowest BCUT2D eigenvalue weighted by Gasteiger charge is -2.09. The van der Waals surface area contributed by atoms with Gasteiger partial charge in [0, 0.05) is 20.0 Å². The highest BCUT2D eigenvalue weighted by molar-refractivity contribution is 7.90. The molecule has 4 nitrogen and oxygen atoms in total. The number of carbonyl (C=O) groups excluding carboxylic acids is 1. The Labute approximate surface area is 72.6 Å². The van der Waals surface area contributed by atoms with Crippen LogP contribution in [0.5, 0.6) is 0 Å². The molecule has 1 saturated carbocycles. The monoisotopic (exact) mass is 191 g/mol. The number of hydrogen-bond acceptors (Lipinski definition) is 3. The third-order valence-electron chi connectivity index (χ3n) is 2.15. The van der Waals surface area contributed by atoms with Gasteiger partial charge in [-0.25, -0.2) is 12.7 Å². The van der Waals surface area contributed by atoms with Crippen LogP contribution in [0.1, 0.15) is 13.3 Å². The zero-order valence-electron chi connectivity index (χ0n) is 7.44. The number of hydrogen-bond donors (Lipinski definition) is 0. The van der Waals surface area contributed by atoms with E-state index >= 15 is 0 Å². The molecule has 0 N–H and O–H groups in total. The molecule has 5 heteroatoms. The average Bonchev–Trinajstić information content (AvgIpc) is 2.63. The van der Waals surface area contributed by atoms with E-state index in [-0.39, 0.29) is 11.7 Å². The van der Waals surface area contributed by atoms with E-state index in [1.54, 1.807) is 0 Å². The molecule has 0 radical (unpaired) electrons. The van der Waals surface area contributed by atoms with Gasteiger partial charge in [-0.3, -0.25) is 4.79 Å². The number of Topliss-reactive ketones (excluding diaryl/α,β-unsaturated/α-hetero) is 1. The van der Waals surface area contributed by atoms with Crippen LogP contribution in [0.25, 0.3) is 0 Å². The molecule has 0 aromatic heterocycles. The van der Waals surface area contributed by atoms with Crippen LogP contribution in [-0.4, -0.2) is 37.9 Å². The fraction of sp³-hybridized carbons (Fsp3) is 0.857. The highest BCUT2D eigenvalue weighted by Gasteiger charge is 2.50. The van der Waals surface area contributed by atoms with E-state index in [2.05, 4.69) is 0 Å². The standard InChI is InChI=1S/C7H13NO3S/c1-5(9)6-4-7(6)12(10,11)8(2)3/h6-7H,4H2,1-3H3. The molecular weight excluding hydrogens is 178 g/mol. The number of carbonyl (C=O) groups is 1. The Kier molecular flexibility index (Phi) is 2.27. The minimum Gasteiger partial charge on any atom is -0.300 e. The molecule has 0 aromatic carbocycles. The topological polar surface area (TPSA) is 54.5 Å². The van der Waals surface area contributed by atoms with Crippen molar-refractivity contribution in [2.75, 3.05) is 14.1 Å². The Morgan fingerprint density at radius 1 is 1.42 bits per heavy atom. The maximum Gasteiger partial charge on any atom is 0.217 e. The SMILES string of the molecule is CC(=O)C1CC1S(=O)(=O)N(C)C. The van der Waals surface area contributed by atoms with Gasteiger partial charge in [0.15, 0.2) is 0 Å². The Morgan fingerprint density at radius 3 is 2.17 bits per heavy atom. The second-order valence-electron chi connectivity index (χ2n) is 3.32. The Balaban J connectivity index is 2.71. The summed E-state index contributed by atoms with van der Waals surface area (Å²) in [6, 6.07) is 0. The van der Waals surface area contributed by atoms with Gasteiger partial charge in [-0.05, 0) is 13.3 Å². The fourth-order valence-corrected chi connectivity index (χ4v) is 2.80. The maximum absolute atomic E-state index is 11.4. The van der Waals surface area contributed by atoms with Crippen molar-refractivity contribution in [3.05, 3.63) is 0 Å². The Morgan fingerprint density at radius 2 is 1.92 bits per heavy atom. The van der Waals surface area contributed by atoms with Gasteiger partial charge in [0.1, 0.15) is 5.78 Å². The molecular formula is C7H13NO3S. The first-order chi connectivity index (χ1) is 5.37. The van der Waals surface area contributed by atoms with Gasteiger partial charge in [-0.15, -0.1) is 0 Å². The maximum atomic E-state index is 11.4. The molecule has 0 aliphatic heterocycles. The highest BCUT2D eigenvalue weighted by atomic mass is 32.2. The molecule has 1 rings (SSSR count). The first-order valence-electron chi connectivity index (χ1n) is 3.79. The number of rotatable bonds is 3. The van der Waals surface area contributed by atoms with Crippen LogP contribution in [0.3, 0.4) is 0 Å². The summed E-state index contributed by atoms with van der Waals surface area (Å²) in [6.07, 6.45) is 0.496. The molecule has 1 aliphatic carbocycles. The summed E-state index contributed by atoms with van der Waals surface area (Å²) in [6.45, 7) is 1.44. The molecule has 0 bridgehead atoms. The Hall–Kier alpha value is -0.420. The van der Waals surface area contributed by atoms with Crippen LogP contribution in [0.2, 0.25) is 0 Å². The van der Waals surface area contributed by atoms with Crippen LogP contribution >= 0.6 is 0 Å². The van der Waals surface area contributed by atoms with Crippen molar-refractivity contribution in [3.63, 3.8) is 0 Å². The van der Waals surface area contributed by atoms with Crippen LogP contribution in [0, 0.1) is 5.92 Å². The second-order valence-corrected chi connectivity index (χ2v) is 5.68.